The molecule has 5 rings (SSSR count). The van der Waals surface area contributed by atoms with E-state index in [1.165, 1.54) is 4.90 Å². The third kappa shape index (κ3) is 3.50. The largest absolute Gasteiger partial charge is 0.493 e. The topological polar surface area (TPSA) is 97.0 Å². The van der Waals surface area contributed by atoms with Gasteiger partial charge in [-0.3, -0.25) is 24.6 Å². The number of carbonyl (C=O) groups is 3. The lowest BCUT2D eigenvalue weighted by molar-refractivity contribution is -0.142. The molecule has 0 radical (unpaired) electrons. The van der Waals surface area contributed by atoms with Crippen LogP contribution in [0.4, 0.5) is 5.69 Å². The van der Waals surface area contributed by atoms with Crippen LogP contribution in [0.5, 0.6) is 11.5 Å². The molecule has 0 aromatic heterocycles. The highest BCUT2D eigenvalue weighted by atomic mass is 16.5. The van der Waals surface area contributed by atoms with Gasteiger partial charge in [-0.05, 0) is 42.5 Å². The zero-order valence-electron chi connectivity index (χ0n) is 20.5. The average Bonchev–Trinajstić information content (AvgIpc) is 3.41. The highest BCUT2D eigenvalue weighted by Gasteiger charge is 2.70. The molecule has 3 heterocycles. The Labute approximate surface area is 205 Å². The molecule has 0 unspecified atom stereocenters. The van der Waals surface area contributed by atoms with Crippen molar-refractivity contribution in [3.8, 4) is 11.5 Å². The van der Waals surface area contributed by atoms with E-state index in [4.69, 9.17) is 9.47 Å². The predicted octanol–water partition coefficient (Wildman–Crippen LogP) is 2.71. The molecule has 2 N–H and O–H groups in total. The van der Waals surface area contributed by atoms with Gasteiger partial charge in [0.1, 0.15) is 5.54 Å². The summed E-state index contributed by atoms with van der Waals surface area (Å²) >= 11 is 0. The van der Waals surface area contributed by atoms with E-state index >= 15 is 0 Å². The Kier molecular flexibility index (Phi) is 5.79. The number of benzene rings is 2. The zero-order chi connectivity index (χ0) is 24.9. The number of nitrogens with one attached hydrogen (secondary N) is 2. The number of hydrogen-bond donors (Lipinski definition) is 2. The minimum Gasteiger partial charge on any atom is -0.493 e. The molecule has 0 saturated carbocycles. The second kappa shape index (κ2) is 8.68. The summed E-state index contributed by atoms with van der Waals surface area (Å²) in [7, 11) is 3.15. The lowest BCUT2D eigenvalue weighted by Gasteiger charge is -2.30. The summed E-state index contributed by atoms with van der Waals surface area (Å²) in [4.78, 5) is 42.3. The van der Waals surface area contributed by atoms with Crippen LogP contribution in [0.25, 0.3) is 0 Å². The van der Waals surface area contributed by atoms with Gasteiger partial charge in [-0.15, -0.1) is 0 Å². The van der Waals surface area contributed by atoms with E-state index in [0.29, 0.717) is 35.9 Å². The molecule has 0 bridgehead atoms. The number of imide groups is 1. The van der Waals surface area contributed by atoms with Crippen molar-refractivity contribution in [3.63, 3.8) is 0 Å². The lowest BCUT2D eigenvalue weighted by atomic mass is 9.76. The molecule has 0 aliphatic carbocycles. The van der Waals surface area contributed by atoms with Crippen molar-refractivity contribution in [3.05, 3.63) is 53.6 Å². The summed E-state index contributed by atoms with van der Waals surface area (Å²) in [6, 6.07) is 12.7. The molecule has 4 atom stereocenters. The van der Waals surface area contributed by atoms with E-state index in [-0.39, 0.29) is 30.3 Å². The Bertz CT molecular complexity index is 1200. The van der Waals surface area contributed by atoms with Gasteiger partial charge in [0.15, 0.2) is 11.5 Å². The van der Waals surface area contributed by atoms with Gasteiger partial charge < -0.3 is 14.8 Å². The summed E-state index contributed by atoms with van der Waals surface area (Å²) < 4.78 is 10.7. The minimum atomic E-state index is -1.23. The van der Waals surface area contributed by atoms with Crippen LogP contribution in [0.2, 0.25) is 0 Å². The number of hydrogen-bond acceptors (Lipinski definition) is 6. The third-order valence-electron chi connectivity index (χ3n) is 7.51. The Morgan fingerprint density at radius 3 is 2.46 bits per heavy atom. The van der Waals surface area contributed by atoms with Gasteiger partial charge in [-0.1, -0.05) is 38.1 Å². The number of methoxy groups -OCH3 is 2. The van der Waals surface area contributed by atoms with Gasteiger partial charge in [0.2, 0.25) is 17.7 Å². The van der Waals surface area contributed by atoms with Crippen LogP contribution in [-0.2, 0) is 26.3 Å². The second-order valence-corrected chi connectivity index (χ2v) is 9.96. The van der Waals surface area contributed by atoms with Crippen molar-refractivity contribution in [2.45, 2.75) is 38.3 Å². The highest BCUT2D eigenvalue weighted by Crippen LogP contribution is 2.53. The predicted molar refractivity (Wildman–Crippen MR) is 130 cm³/mol. The van der Waals surface area contributed by atoms with E-state index in [1.54, 1.807) is 14.2 Å². The van der Waals surface area contributed by atoms with Crippen molar-refractivity contribution >= 4 is 23.4 Å². The number of nitrogens with zero attached hydrogens (tertiary/aromatic N) is 1. The molecule has 2 saturated heterocycles. The van der Waals surface area contributed by atoms with Gasteiger partial charge >= 0.3 is 0 Å². The molecule has 184 valence electrons. The standard InChI is InChI=1S/C27H31N3O5/c1-15(2)13-19-22-23(27(29-19)17-7-5-6-8-18(17)28-26(27)33)25(32)30(24(22)31)12-11-16-9-10-20(34-3)21(14-16)35-4/h5-10,14-15,19,22-23,29H,11-13H2,1-4H3,(H,28,33)/t19-,22-,23+,27-/m1/s1. The number of carbonyl (C=O) groups excluding carboxylic acids is 3. The number of fused-ring (bicyclic) bond motifs is 4. The van der Waals surface area contributed by atoms with Crippen LogP contribution >= 0.6 is 0 Å². The van der Waals surface area contributed by atoms with Gasteiger partial charge in [-0.2, -0.15) is 0 Å². The summed E-state index contributed by atoms with van der Waals surface area (Å²) in [5.74, 6) is -0.580. The lowest BCUT2D eigenvalue weighted by Crippen LogP contribution is -2.53. The fraction of sp³-hybridized carbons (Fsp3) is 0.444. The molecule has 3 aliphatic rings. The Morgan fingerprint density at radius 1 is 1.00 bits per heavy atom. The fourth-order valence-electron chi connectivity index (χ4n) is 6.03. The molecule has 3 aliphatic heterocycles. The zero-order valence-corrected chi connectivity index (χ0v) is 20.5. The SMILES string of the molecule is COc1ccc(CCN2C(=O)[C@H]3[C@@H](C2=O)[C@@]2(N[C@@H]3CC(C)C)C(=O)Nc3ccccc32)cc1OC. The molecule has 35 heavy (non-hydrogen) atoms. The maximum Gasteiger partial charge on any atom is 0.250 e. The first-order chi connectivity index (χ1) is 16.8. The highest BCUT2D eigenvalue weighted by molar-refractivity contribution is 6.15. The van der Waals surface area contributed by atoms with E-state index in [1.807, 2.05) is 42.5 Å². The molecule has 8 nitrogen and oxygen atoms in total. The maximum atomic E-state index is 13.8. The second-order valence-electron chi connectivity index (χ2n) is 9.96. The molecule has 8 heteroatoms. The minimum absolute atomic E-state index is 0.201. The van der Waals surface area contributed by atoms with Crippen molar-refractivity contribution in [2.24, 2.45) is 17.8 Å². The van der Waals surface area contributed by atoms with Crippen molar-refractivity contribution in [1.29, 1.82) is 0 Å². The summed E-state index contributed by atoms with van der Waals surface area (Å²) in [5, 5.41) is 6.42. The molecular formula is C27H31N3O5. The fourth-order valence-corrected chi connectivity index (χ4v) is 6.03. The normalized spacial score (nSPS) is 26.9. The van der Waals surface area contributed by atoms with Crippen molar-refractivity contribution < 1.29 is 23.9 Å². The molecule has 2 aromatic rings. The van der Waals surface area contributed by atoms with Gasteiger partial charge in [-0.25, -0.2) is 0 Å². The van der Waals surface area contributed by atoms with Crippen LogP contribution in [0.1, 0.15) is 31.4 Å². The third-order valence-corrected chi connectivity index (χ3v) is 7.51. The number of likely N-dealkylation sites (tertiary alicyclic amines) is 1. The summed E-state index contributed by atoms with van der Waals surface area (Å²) in [6.45, 7) is 4.41. The Morgan fingerprint density at radius 2 is 1.74 bits per heavy atom. The van der Waals surface area contributed by atoms with E-state index < -0.39 is 17.4 Å². The van der Waals surface area contributed by atoms with Crippen LogP contribution in [-0.4, -0.2) is 49.4 Å². The summed E-state index contributed by atoms with van der Waals surface area (Å²) in [6.07, 6.45) is 1.18. The average molecular weight is 478 g/mol. The van der Waals surface area contributed by atoms with Gasteiger partial charge in [0.25, 0.3) is 0 Å². The number of anilines is 1. The van der Waals surface area contributed by atoms with Crippen molar-refractivity contribution in [1.82, 2.24) is 10.2 Å². The summed E-state index contributed by atoms with van der Waals surface area (Å²) in [5.41, 5.74) is 1.13. The molecule has 1 spiro atoms. The first-order valence-electron chi connectivity index (χ1n) is 12.1. The first kappa shape index (κ1) is 23.4. The first-order valence-corrected chi connectivity index (χ1v) is 12.1. The Balaban J connectivity index is 1.47. The number of para-hydroxylation sites is 1. The van der Waals surface area contributed by atoms with E-state index in [2.05, 4.69) is 24.5 Å². The molecule has 2 aromatic carbocycles. The van der Waals surface area contributed by atoms with E-state index in [0.717, 1.165) is 11.1 Å². The quantitative estimate of drug-likeness (QED) is 0.596. The number of rotatable bonds is 7. The maximum absolute atomic E-state index is 13.8. The van der Waals surface area contributed by atoms with Crippen molar-refractivity contribution in [2.75, 3.05) is 26.1 Å². The Hall–Kier alpha value is -3.39. The van der Waals surface area contributed by atoms with Gasteiger partial charge in [0, 0.05) is 23.8 Å². The van der Waals surface area contributed by atoms with E-state index in [9.17, 15) is 14.4 Å². The van der Waals surface area contributed by atoms with Crippen LogP contribution in [0, 0.1) is 17.8 Å². The molecule has 2 fully saturated rings. The number of amides is 3. The van der Waals surface area contributed by atoms with Gasteiger partial charge in [0.05, 0.1) is 26.1 Å². The molecule has 3 amide bonds. The smallest absolute Gasteiger partial charge is 0.250 e. The molecular weight excluding hydrogens is 446 g/mol. The van der Waals surface area contributed by atoms with Crippen LogP contribution < -0.4 is 20.1 Å². The monoisotopic (exact) mass is 477 g/mol. The number of ether oxygens (including phenoxy) is 2. The van der Waals surface area contributed by atoms with Crippen LogP contribution in [0.3, 0.4) is 0 Å². The van der Waals surface area contributed by atoms with Crippen LogP contribution in [0.15, 0.2) is 42.5 Å².